The lowest BCUT2D eigenvalue weighted by atomic mass is 10.2. The zero-order valence-corrected chi connectivity index (χ0v) is 14.8. The Labute approximate surface area is 151 Å². The van der Waals surface area contributed by atoms with Crippen molar-refractivity contribution in [3.63, 3.8) is 0 Å². The minimum absolute atomic E-state index is 0.164. The molecule has 6 nitrogen and oxygen atoms in total. The van der Waals surface area contributed by atoms with Gasteiger partial charge in [0.1, 0.15) is 0 Å². The van der Waals surface area contributed by atoms with Crippen LogP contribution in [0, 0.1) is 0 Å². The molecule has 0 N–H and O–H groups in total. The molecule has 2 aromatic heterocycles. The average molecular weight is 356 g/mol. The number of amides is 1. The smallest absolute Gasteiger partial charge is 0.276 e. The molecule has 25 heavy (non-hydrogen) atoms. The summed E-state index contributed by atoms with van der Waals surface area (Å²) in [6.07, 6.45) is 3.34. The van der Waals surface area contributed by atoms with E-state index in [9.17, 15) is 4.79 Å². The predicted octanol–water partition coefficient (Wildman–Crippen LogP) is 3.21. The van der Waals surface area contributed by atoms with Crippen LogP contribution >= 0.6 is 11.6 Å². The first kappa shape index (κ1) is 17.1. The Morgan fingerprint density at radius 1 is 1.24 bits per heavy atom. The van der Waals surface area contributed by atoms with Crippen LogP contribution in [0.5, 0.6) is 0 Å². The second-order valence-electron chi connectivity index (χ2n) is 5.74. The van der Waals surface area contributed by atoms with Gasteiger partial charge in [0.25, 0.3) is 5.91 Å². The van der Waals surface area contributed by atoms with E-state index in [0.717, 1.165) is 11.3 Å². The Balaban J connectivity index is 1.73. The maximum atomic E-state index is 12.6. The number of aromatic nitrogens is 4. The third-order valence-electron chi connectivity index (χ3n) is 4.07. The molecule has 0 radical (unpaired) electrons. The zero-order chi connectivity index (χ0) is 17.8. The van der Waals surface area contributed by atoms with Gasteiger partial charge in [0.2, 0.25) is 0 Å². The molecule has 2 heterocycles. The fourth-order valence-corrected chi connectivity index (χ4v) is 2.65. The lowest BCUT2D eigenvalue weighted by Gasteiger charge is -2.23. The number of carbonyl (C=O) groups excluding carboxylic acids is 1. The van der Waals surface area contributed by atoms with Gasteiger partial charge in [0.05, 0.1) is 24.5 Å². The molecule has 0 unspecified atom stereocenters. The topological polar surface area (TPSA) is 63.9 Å². The molecule has 1 atom stereocenters. The number of hydrogen-bond acceptors (Lipinski definition) is 4. The molecule has 0 bridgehead atoms. The van der Waals surface area contributed by atoms with E-state index in [0.29, 0.717) is 11.6 Å². The Kier molecular flexibility index (Phi) is 5.09. The van der Waals surface area contributed by atoms with Gasteiger partial charge in [-0.2, -0.15) is 0 Å². The van der Waals surface area contributed by atoms with Gasteiger partial charge in [-0.25, -0.2) is 4.68 Å². The maximum Gasteiger partial charge on any atom is 0.276 e. The van der Waals surface area contributed by atoms with Crippen LogP contribution in [0.25, 0.3) is 0 Å². The molecule has 0 aliphatic heterocycles. The molecule has 0 fully saturated rings. The van der Waals surface area contributed by atoms with Crippen molar-refractivity contribution in [3.05, 3.63) is 76.8 Å². The summed E-state index contributed by atoms with van der Waals surface area (Å²) in [5.74, 6) is -0.205. The molecule has 7 heteroatoms. The van der Waals surface area contributed by atoms with Crippen LogP contribution in [0.4, 0.5) is 0 Å². The van der Waals surface area contributed by atoms with Crippen molar-refractivity contribution in [1.82, 2.24) is 24.9 Å². The number of rotatable bonds is 5. The highest BCUT2D eigenvalue weighted by molar-refractivity contribution is 6.31. The summed E-state index contributed by atoms with van der Waals surface area (Å²) in [6.45, 7) is 2.38. The van der Waals surface area contributed by atoms with Crippen molar-refractivity contribution in [2.75, 3.05) is 7.05 Å². The highest BCUT2D eigenvalue weighted by Gasteiger charge is 2.22. The summed E-state index contributed by atoms with van der Waals surface area (Å²) < 4.78 is 1.60. The minimum atomic E-state index is -0.205. The van der Waals surface area contributed by atoms with E-state index in [-0.39, 0.29) is 17.6 Å². The van der Waals surface area contributed by atoms with Crippen LogP contribution in [0.15, 0.2) is 54.9 Å². The average Bonchev–Trinajstić information content (AvgIpc) is 3.11. The molecule has 0 aliphatic rings. The molecule has 3 rings (SSSR count). The number of hydrogen-bond donors (Lipinski definition) is 0. The van der Waals surface area contributed by atoms with E-state index in [2.05, 4.69) is 15.3 Å². The van der Waals surface area contributed by atoms with E-state index >= 15 is 0 Å². The van der Waals surface area contributed by atoms with Gasteiger partial charge in [0, 0.05) is 18.3 Å². The van der Waals surface area contributed by atoms with Crippen molar-refractivity contribution < 1.29 is 4.79 Å². The van der Waals surface area contributed by atoms with Crippen LogP contribution in [0.1, 0.15) is 34.7 Å². The summed E-state index contributed by atoms with van der Waals surface area (Å²) in [5, 5.41) is 8.69. The summed E-state index contributed by atoms with van der Waals surface area (Å²) in [6, 6.07) is 13.0. The van der Waals surface area contributed by atoms with Crippen molar-refractivity contribution in [3.8, 4) is 0 Å². The standard InChI is InChI=1S/C18H18ClN5O/c1-13(16-9-5-6-10-20-16)23(2)18(25)17-12-24(22-21-17)11-14-7-3-4-8-15(14)19/h3-10,12-13H,11H2,1-2H3/t13-/m1/s1. The minimum Gasteiger partial charge on any atom is -0.332 e. The highest BCUT2D eigenvalue weighted by Crippen LogP contribution is 2.19. The van der Waals surface area contributed by atoms with E-state index < -0.39 is 0 Å². The normalized spacial score (nSPS) is 12.0. The zero-order valence-electron chi connectivity index (χ0n) is 14.0. The first-order chi connectivity index (χ1) is 12.1. The first-order valence-corrected chi connectivity index (χ1v) is 8.25. The molecule has 0 spiro atoms. The second-order valence-corrected chi connectivity index (χ2v) is 6.15. The van der Waals surface area contributed by atoms with E-state index in [4.69, 9.17) is 11.6 Å². The maximum absolute atomic E-state index is 12.6. The molecular formula is C18H18ClN5O. The van der Waals surface area contributed by atoms with Crippen LogP contribution in [0.3, 0.4) is 0 Å². The summed E-state index contributed by atoms with van der Waals surface area (Å²) in [7, 11) is 1.73. The number of halogens is 1. The van der Waals surface area contributed by atoms with Crippen LogP contribution < -0.4 is 0 Å². The fraction of sp³-hybridized carbons (Fsp3) is 0.222. The van der Waals surface area contributed by atoms with Crippen LogP contribution in [0.2, 0.25) is 5.02 Å². The molecule has 1 aromatic carbocycles. The van der Waals surface area contributed by atoms with Gasteiger partial charge in [-0.05, 0) is 30.7 Å². The fourth-order valence-electron chi connectivity index (χ4n) is 2.45. The Morgan fingerprint density at radius 3 is 2.72 bits per heavy atom. The summed E-state index contributed by atoms with van der Waals surface area (Å²) >= 11 is 6.16. The third kappa shape index (κ3) is 3.85. The van der Waals surface area contributed by atoms with Gasteiger partial charge < -0.3 is 4.90 Å². The molecule has 128 valence electrons. The summed E-state index contributed by atoms with van der Waals surface area (Å²) in [5.41, 5.74) is 2.03. The highest BCUT2D eigenvalue weighted by atomic mass is 35.5. The lowest BCUT2D eigenvalue weighted by Crippen LogP contribution is -2.30. The Bertz CT molecular complexity index is 865. The van der Waals surface area contributed by atoms with Gasteiger partial charge in [-0.15, -0.1) is 5.10 Å². The Hall–Kier alpha value is -2.73. The van der Waals surface area contributed by atoms with Crippen LogP contribution in [-0.4, -0.2) is 37.8 Å². The lowest BCUT2D eigenvalue weighted by molar-refractivity contribution is 0.0733. The van der Waals surface area contributed by atoms with Crippen molar-refractivity contribution in [1.29, 1.82) is 0 Å². The summed E-state index contributed by atoms with van der Waals surface area (Å²) in [4.78, 5) is 18.5. The van der Waals surface area contributed by atoms with E-state index in [1.54, 1.807) is 29.0 Å². The van der Waals surface area contributed by atoms with Crippen molar-refractivity contribution in [2.45, 2.75) is 19.5 Å². The molecule has 1 amide bonds. The number of benzene rings is 1. The van der Waals surface area contributed by atoms with Gasteiger partial charge in [0.15, 0.2) is 5.69 Å². The predicted molar refractivity (Wildman–Crippen MR) is 95.3 cm³/mol. The van der Waals surface area contributed by atoms with Gasteiger partial charge in [-0.1, -0.05) is 41.1 Å². The Morgan fingerprint density at radius 2 is 2.00 bits per heavy atom. The molecule has 0 aliphatic carbocycles. The van der Waals surface area contributed by atoms with Crippen molar-refractivity contribution in [2.24, 2.45) is 0 Å². The molecule has 0 saturated heterocycles. The molecule has 0 saturated carbocycles. The monoisotopic (exact) mass is 355 g/mol. The largest absolute Gasteiger partial charge is 0.332 e. The SMILES string of the molecule is C[C@H](c1ccccn1)N(C)C(=O)c1cn(Cc2ccccc2Cl)nn1. The third-order valence-corrected chi connectivity index (χ3v) is 4.43. The number of carbonyl (C=O) groups is 1. The van der Waals surface area contributed by atoms with E-state index in [1.165, 1.54) is 0 Å². The van der Waals surface area contributed by atoms with Gasteiger partial charge in [-0.3, -0.25) is 9.78 Å². The van der Waals surface area contributed by atoms with E-state index in [1.807, 2.05) is 49.4 Å². The molecular weight excluding hydrogens is 338 g/mol. The van der Waals surface area contributed by atoms with Crippen LogP contribution in [-0.2, 0) is 6.54 Å². The van der Waals surface area contributed by atoms with Crippen molar-refractivity contribution >= 4 is 17.5 Å². The van der Waals surface area contributed by atoms with Gasteiger partial charge >= 0.3 is 0 Å². The molecule has 3 aromatic rings. The first-order valence-electron chi connectivity index (χ1n) is 7.88. The number of pyridine rings is 1. The number of nitrogens with zero attached hydrogens (tertiary/aromatic N) is 5. The second kappa shape index (κ2) is 7.44. The quantitative estimate of drug-likeness (QED) is 0.705.